The first-order chi connectivity index (χ1) is 9.61. The summed E-state index contributed by atoms with van der Waals surface area (Å²) in [5.41, 5.74) is 7.99. The van der Waals surface area contributed by atoms with Crippen LogP contribution in [0.5, 0.6) is 0 Å². The van der Waals surface area contributed by atoms with E-state index in [-0.39, 0.29) is 12.1 Å². The molecule has 2 N–H and O–H groups in total. The number of benzene rings is 1. The van der Waals surface area contributed by atoms with Crippen LogP contribution >= 0.6 is 0 Å². The van der Waals surface area contributed by atoms with Crippen LogP contribution in [-0.2, 0) is 9.47 Å². The van der Waals surface area contributed by atoms with E-state index in [0.29, 0.717) is 11.3 Å². The number of hydrogen-bond acceptors (Lipinski definition) is 5. The molecule has 0 saturated carbocycles. The smallest absolute Gasteiger partial charge is 0.337 e. The number of rotatable bonds is 4. The molecule has 5 heteroatoms. The highest BCUT2D eigenvalue weighted by Crippen LogP contribution is 2.25. The van der Waals surface area contributed by atoms with Crippen LogP contribution in [0, 0.1) is 0 Å². The topological polar surface area (TPSA) is 64.8 Å². The average Bonchev–Trinajstić information content (AvgIpc) is 2.48. The van der Waals surface area contributed by atoms with Gasteiger partial charge in [0.2, 0.25) is 0 Å². The largest absolute Gasteiger partial charge is 0.465 e. The van der Waals surface area contributed by atoms with Gasteiger partial charge in [-0.25, -0.2) is 4.79 Å². The van der Waals surface area contributed by atoms with Gasteiger partial charge in [0.15, 0.2) is 0 Å². The highest BCUT2D eigenvalue weighted by molar-refractivity contribution is 5.92. The molecule has 20 heavy (non-hydrogen) atoms. The summed E-state index contributed by atoms with van der Waals surface area (Å²) in [6, 6.07) is 5.18. The van der Waals surface area contributed by atoms with Crippen molar-refractivity contribution >= 4 is 17.3 Å². The molecule has 0 aliphatic carbocycles. The molecule has 0 bridgehead atoms. The van der Waals surface area contributed by atoms with Gasteiger partial charge in [0.25, 0.3) is 0 Å². The third-order valence-electron chi connectivity index (χ3n) is 3.61. The molecule has 1 aliphatic rings. The molecule has 1 atom stereocenters. The fourth-order valence-electron chi connectivity index (χ4n) is 2.47. The lowest BCUT2D eigenvalue weighted by Gasteiger charge is -2.29. The second-order valence-corrected chi connectivity index (χ2v) is 5.13. The summed E-state index contributed by atoms with van der Waals surface area (Å²) in [4.78, 5) is 13.6. The van der Waals surface area contributed by atoms with E-state index in [1.807, 2.05) is 11.9 Å². The Morgan fingerprint density at radius 2 is 2.30 bits per heavy atom. The molecular formula is C15H22N2O3. The molecule has 1 heterocycles. The number of methoxy groups -OCH3 is 1. The van der Waals surface area contributed by atoms with Crippen LogP contribution in [0.2, 0.25) is 0 Å². The summed E-state index contributed by atoms with van der Waals surface area (Å²) in [5.74, 6) is -0.353. The van der Waals surface area contributed by atoms with Crippen LogP contribution in [0.3, 0.4) is 0 Å². The lowest BCUT2D eigenvalue weighted by atomic mass is 10.1. The molecular weight excluding hydrogens is 256 g/mol. The number of nitrogens with two attached hydrogens (primary N) is 1. The molecule has 0 spiro atoms. The first-order valence-corrected chi connectivity index (χ1v) is 6.92. The normalized spacial score (nSPS) is 18.6. The average molecular weight is 278 g/mol. The molecule has 1 aromatic rings. The Balaban J connectivity index is 2.11. The summed E-state index contributed by atoms with van der Waals surface area (Å²) < 4.78 is 10.5. The van der Waals surface area contributed by atoms with Crippen LogP contribution in [0.25, 0.3) is 0 Å². The predicted octanol–water partition coefficient (Wildman–Crippen LogP) is 2.06. The number of esters is 1. The van der Waals surface area contributed by atoms with E-state index < -0.39 is 0 Å². The molecule has 0 amide bonds. The molecule has 0 aromatic heterocycles. The number of carbonyl (C=O) groups is 1. The highest BCUT2D eigenvalue weighted by atomic mass is 16.5. The Morgan fingerprint density at radius 1 is 1.50 bits per heavy atom. The number of carbonyl (C=O) groups excluding carboxylic acids is 1. The summed E-state index contributed by atoms with van der Waals surface area (Å²) in [5, 5.41) is 0. The van der Waals surface area contributed by atoms with Crippen molar-refractivity contribution in [3.05, 3.63) is 23.8 Å². The van der Waals surface area contributed by atoms with E-state index in [1.54, 1.807) is 18.2 Å². The lowest BCUT2D eigenvalue weighted by Crippen LogP contribution is -2.33. The van der Waals surface area contributed by atoms with Gasteiger partial charge in [-0.15, -0.1) is 0 Å². The minimum absolute atomic E-state index is 0.231. The van der Waals surface area contributed by atoms with Crippen molar-refractivity contribution in [1.29, 1.82) is 0 Å². The second-order valence-electron chi connectivity index (χ2n) is 5.13. The maximum atomic E-state index is 11.6. The fraction of sp³-hybridized carbons (Fsp3) is 0.533. The molecule has 1 unspecified atom stereocenters. The SMILES string of the molecule is COC(=O)c1ccc(N)c(N(C)CC2CCCCO2)c1. The fourth-order valence-corrected chi connectivity index (χ4v) is 2.47. The Labute approximate surface area is 119 Å². The predicted molar refractivity (Wildman–Crippen MR) is 79.1 cm³/mol. The van der Waals surface area contributed by atoms with E-state index in [0.717, 1.165) is 31.7 Å². The van der Waals surface area contributed by atoms with Crippen LogP contribution in [0.1, 0.15) is 29.6 Å². The van der Waals surface area contributed by atoms with Crippen LogP contribution in [-0.4, -0.2) is 39.4 Å². The van der Waals surface area contributed by atoms with E-state index >= 15 is 0 Å². The van der Waals surface area contributed by atoms with Crippen LogP contribution < -0.4 is 10.6 Å². The van der Waals surface area contributed by atoms with Crippen molar-refractivity contribution in [2.45, 2.75) is 25.4 Å². The quantitative estimate of drug-likeness (QED) is 0.674. The third kappa shape index (κ3) is 3.42. The van der Waals surface area contributed by atoms with E-state index in [9.17, 15) is 4.79 Å². The van der Waals surface area contributed by atoms with Crippen LogP contribution in [0.15, 0.2) is 18.2 Å². The molecule has 5 nitrogen and oxygen atoms in total. The number of ether oxygens (including phenoxy) is 2. The zero-order chi connectivity index (χ0) is 14.5. The highest BCUT2D eigenvalue weighted by Gasteiger charge is 2.18. The summed E-state index contributed by atoms with van der Waals surface area (Å²) in [6.07, 6.45) is 3.65. The standard InChI is InChI=1S/C15H22N2O3/c1-17(10-12-5-3-4-8-20-12)14-9-11(15(18)19-2)6-7-13(14)16/h6-7,9,12H,3-5,8,10,16H2,1-2H3. The number of likely N-dealkylation sites (N-methyl/N-ethyl adjacent to an activating group) is 1. The van der Waals surface area contributed by atoms with Crippen molar-refractivity contribution in [2.24, 2.45) is 0 Å². The Bertz CT molecular complexity index is 470. The van der Waals surface area contributed by atoms with Gasteiger partial charge in [-0.05, 0) is 37.5 Å². The minimum Gasteiger partial charge on any atom is -0.465 e. The molecule has 1 fully saturated rings. The molecule has 1 aliphatic heterocycles. The zero-order valence-electron chi connectivity index (χ0n) is 12.1. The van der Waals surface area contributed by atoms with Crippen molar-refractivity contribution < 1.29 is 14.3 Å². The lowest BCUT2D eigenvalue weighted by molar-refractivity contribution is 0.0216. The second kappa shape index (κ2) is 6.61. The van der Waals surface area contributed by atoms with E-state index in [4.69, 9.17) is 15.2 Å². The first kappa shape index (κ1) is 14.7. The molecule has 110 valence electrons. The zero-order valence-corrected chi connectivity index (χ0v) is 12.1. The monoisotopic (exact) mass is 278 g/mol. The molecule has 1 aromatic carbocycles. The van der Waals surface area contributed by atoms with Gasteiger partial charge in [0.05, 0.1) is 30.2 Å². The minimum atomic E-state index is -0.353. The van der Waals surface area contributed by atoms with Gasteiger partial charge < -0.3 is 20.1 Å². The maximum Gasteiger partial charge on any atom is 0.337 e. The van der Waals surface area contributed by atoms with Crippen LogP contribution in [0.4, 0.5) is 11.4 Å². The van der Waals surface area contributed by atoms with Gasteiger partial charge >= 0.3 is 5.97 Å². The van der Waals surface area contributed by atoms with Gasteiger partial charge in [-0.3, -0.25) is 0 Å². The Hall–Kier alpha value is -1.75. The van der Waals surface area contributed by atoms with Crippen molar-refractivity contribution in [1.82, 2.24) is 0 Å². The van der Waals surface area contributed by atoms with E-state index in [2.05, 4.69) is 0 Å². The number of nitrogens with zero attached hydrogens (tertiary/aromatic N) is 1. The molecule has 2 rings (SSSR count). The van der Waals surface area contributed by atoms with Gasteiger partial charge in [-0.2, -0.15) is 0 Å². The van der Waals surface area contributed by atoms with Gasteiger partial charge in [0, 0.05) is 20.2 Å². The van der Waals surface area contributed by atoms with Gasteiger partial charge in [-0.1, -0.05) is 0 Å². The molecule has 0 radical (unpaired) electrons. The number of nitrogen functional groups attached to an aromatic ring is 1. The number of anilines is 2. The summed E-state index contributed by atoms with van der Waals surface area (Å²) in [6.45, 7) is 1.60. The van der Waals surface area contributed by atoms with Crippen molar-refractivity contribution in [3.63, 3.8) is 0 Å². The van der Waals surface area contributed by atoms with Crippen molar-refractivity contribution in [2.75, 3.05) is 37.9 Å². The Kier molecular flexibility index (Phi) is 4.84. The molecule has 1 saturated heterocycles. The van der Waals surface area contributed by atoms with E-state index in [1.165, 1.54) is 13.5 Å². The first-order valence-electron chi connectivity index (χ1n) is 6.92. The maximum absolute atomic E-state index is 11.6. The Morgan fingerprint density at radius 3 is 2.95 bits per heavy atom. The third-order valence-corrected chi connectivity index (χ3v) is 3.61. The summed E-state index contributed by atoms with van der Waals surface area (Å²) in [7, 11) is 3.34. The summed E-state index contributed by atoms with van der Waals surface area (Å²) >= 11 is 0. The van der Waals surface area contributed by atoms with Gasteiger partial charge in [0.1, 0.15) is 0 Å². The van der Waals surface area contributed by atoms with Crippen molar-refractivity contribution in [3.8, 4) is 0 Å². The number of hydrogen-bond donors (Lipinski definition) is 1.